The molecule has 0 spiro atoms. The molecule has 0 aromatic heterocycles. The van der Waals surface area contributed by atoms with Crippen LogP contribution in [-0.2, 0) is 9.53 Å². The molecule has 98 valence electrons. The monoisotopic (exact) mass is 240 g/mol. The van der Waals surface area contributed by atoms with Crippen LogP contribution in [0.4, 0.5) is 0 Å². The highest BCUT2D eigenvalue weighted by molar-refractivity contribution is 5.81. The Morgan fingerprint density at radius 1 is 1.24 bits per heavy atom. The standard InChI is InChI=1S/C13H24N2O2/c14-9-11(10-5-1-2-6-10)15-13(16)12-7-3-4-8-17-12/h10-12H,1-9,14H2,(H,15,16). The lowest BCUT2D eigenvalue weighted by Gasteiger charge is -2.27. The summed E-state index contributed by atoms with van der Waals surface area (Å²) in [7, 11) is 0. The maximum atomic E-state index is 12.0. The topological polar surface area (TPSA) is 64.3 Å². The third-order valence-electron chi connectivity index (χ3n) is 4.02. The fourth-order valence-corrected chi connectivity index (χ4v) is 2.95. The molecule has 1 heterocycles. The Hall–Kier alpha value is -0.610. The first-order valence-corrected chi connectivity index (χ1v) is 6.93. The molecule has 3 N–H and O–H groups in total. The molecule has 1 amide bonds. The van der Waals surface area contributed by atoms with Gasteiger partial charge in [0.25, 0.3) is 0 Å². The molecule has 17 heavy (non-hydrogen) atoms. The smallest absolute Gasteiger partial charge is 0.249 e. The zero-order chi connectivity index (χ0) is 12.1. The molecular formula is C13H24N2O2. The number of hydrogen-bond donors (Lipinski definition) is 2. The normalized spacial score (nSPS) is 27.9. The first-order valence-electron chi connectivity index (χ1n) is 6.93. The van der Waals surface area contributed by atoms with Crippen LogP contribution < -0.4 is 11.1 Å². The van der Waals surface area contributed by atoms with Crippen LogP contribution in [0.1, 0.15) is 44.9 Å². The maximum absolute atomic E-state index is 12.0. The van der Waals surface area contributed by atoms with Crippen LogP contribution in [0.5, 0.6) is 0 Å². The molecule has 2 rings (SSSR count). The summed E-state index contributed by atoms with van der Waals surface area (Å²) in [6.45, 7) is 1.26. The van der Waals surface area contributed by atoms with Crippen molar-refractivity contribution in [3.05, 3.63) is 0 Å². The number of nitrogens with two attached hydrogens (primary N) is 1. The van der Waals surface area contributed by atoms with Gasteiger partial charge in [-0.15, -0.1) is 0 Å². The molecule has 1 aliphatic carbocycles. The van der Waals surface area contributed by atoms with Crippen LogP contribution in [0.3, 0.4) is 0 Å². The third kappa shape index (κ3) is 3.42. The molecule has 1 saturated heterocycles. The molecule has 0 aromatic rings. The van der Waals surface area contributed by atoms with Gasteiger partial charge in [0.15, 0.2) is 0 Å². The second-order valence-electron chi connectivity index (χ2n) is 5.25. The molecule has 0 radical (unpaired) electrons. The molecule has 2 unspecified atom stereocenters. The minimum absolute atomic E-state index is 0.0482. The van der Waals surface area contributed by atoms with E-state index in [1.165, 1.54) is 25.7 Å². The second-order valence-corrected chi connectivity index (χ2v) is 5.25. The first-order chi connectivity index (χ1) is 8.31. The van der Waals surface area contributed by atoms with Crippen LogP contribution in [0.15, 0.2) is 0 Å². The first kappa shape index (κ1) is 12.8. The molecule has 1 aliphatic heterocycles. The van der Waals surface area contributed by atoms with E-state index in [9.17, 15) is 4.79 Å². The minimum Gasteiger partial charge on any atom is -0.368 e. The summed E-state index contributed by atoms with van der Waals surface area (Å²) in [4.78, 5) is 12.0. The quantitative estimate of drug-likeness (QED) is 0.776. The van der Waals surface area contributed by atoms with E-state index < -0.39 is 0 Å². The van der Waals surface area contributed by atoms with Gasteiger partial charge in [0, 0.05) is 19.2 Å². The summed E-state index contributed by atoms with van der Waals surface area (Å²) in [6, 6.07) is 0.149. The van der Waals surface area contributed by atoms with Crippen molar-refractivity contribution in [2.24, 2.45) is 11.7 Å². The predicted octanol–water partition coefficient (Wildman–Crippen LogP) is 1.19. The summed E-state index contributed by atoms with van der Waals surface area (Å²) < 4.78 is 5.49. The van der Waals surface area contributed by atoms with Gasteiger partial charge in [0.2, 0.25) is 5.91 Å². The highest BCUT2D eigenvalue weighted by Crippen LogP contribution is 2.27. The van der Waals surface area contributed by atoms with Gasteiger partial charge in [-0.3, -0.25) is 4.79 Å². The van der Waals surface area contributed by atoms with Gasteiger partial charge in [-0.25, -0.2) is 0 Å². The van der Waals surface area contributed by atoms with Gasteiger partial charge in [-0.1, -0.05) is 12.8 Å². The molecule has 0 aromatic carbocycles. The van der Waals surface area contributed by atoms with E-state index in [0.717, 1.165) is 25.9 Å². The molecule has 2 aliphatic rings. The molecule has 4 heteroatoms. The predicted molar refractivity (Wildman–Crippen MR) is 66.5 cm³/mol. The van der Waals surface area contributed by atoms with E-state index in [4.69, 9.17) is 10.5 Å². The van der Waals surface area contributed by atoms with E-state index in [2.05, 4.69) is 5.32 Å². The fourth-order valence-electron chi connectivity index (χ4n) is 2.95. The number of nitrogens with one attached hydrogen (secondary N) is 1. The average molecular weight is 240 g/mol. The Balaban J connectivity index is 1.82. The van der Waals surface area contributed by atoms with Crippen molar-refractivity contribution in [2.45, 2.75) is 57.1 Å². The van der Waals surface area contributed by atoms with Gasteiger partial charge in [0.05, 0.1) is 0 Å². The Morgan fingerprint density at radius 2 is 1.94 bits per heavy atom. The van der Waals surface area contributed by atoms with Crippen LogP contribution in [0.25, 0.3) is 0 Å². The van der Waals surface area contributed by atoms with E-state index >= 15 is 0 Å². The molecule has 0 bridgehead atoms. The Kier molecular flexibility index (Phi) is 4.80. The number of ether oxygens (including phenoxy) is 1. The molecule has 4 nitrogen and oxygen atoms in total. The molecule has 2 atom stereocenters. The Morgan fingerprint density at radius 3 is 2.53 bits per heavy atom. The lowest BCUT2D eigenvalue weighted by atomic mass is 9.97. The van der Waals surface area contributed by atoms with E-state index in [-0.39, 0.29) is 18.1 Å². The van der Waals surface area contributed by atoms with Crippen molar-refractivity contribution < 1.29 is 9.53 Å². The van der Waals surface area contributed by atoms with Crippen molar-refractivity contribution in [1.29, 1.82) is 0 Å². The van der Waals surface area contributed by atoms with Crippen molar-refractivity contribution in [1.82, 2.24) is 5.32 Å². The zero-order valence-corrected chi connectivity index (χ0v) is 10.5. The van der Waals surface area contributed by atoms with Crippen LogP contribution in [0, 0.1) is 5.92 Å². The van der Waals surface area contributed by atoms with Crippen LogP contribution >= 0.6 is 0 Å². The maximum Gasteiger partial charge on any atom is 0.249 e. The van der Waals surface area contributed by atoms with Crippen molar-refractivity contribution in [3.63, 3.8) is 0 Å². The molecule has 2 fully saturated rings. The van der Waals surface area contributed by atoms with Crippen LogP contribution in [0.2, 0.25) is 0 Å². The largest absolute Gasteiger partial charge is 0.368 e. The summed E-state index contributed by atoms with van der Waals surface area (Å²) in [5.41, 5.74) is 5.77. The highest BCUT2D eigenvalue weighted by atomic mass is 16.5. The number of carbonyl (C=O) groups is 1. The lowest BCUT2D eigenvalue weighted by molar-refractivity contribution is -0.136. The Labute approximate surface area is 103 Å². The fraction of sp³-hybridized carbons (Fsp3) is 0.923. The van der Waals surface area contributed by atoms with Gasteiger partial charge in [-0.05, 0) is 38.0 Å². The van der Waals surface area contributed by atoms with Crippen molar-refractivity contribution in [3.8, 4) is 0 Å². The summed E-state index contributed by atoms with van der Waals surface area (Å²) in [5.74, 6) is 0.625. The van der Waals surface area contributed by atoms with Crippen molar-refractivity contribution in [2.75, 3.05) is 13.2 Å². The van der Waals surface area contributed by atoms with Gasteiger partial charge >= 0.3 is 0 Å². The van der Waals surface area contributed by atoms with E-state index in [1.54, 1.807) is 0 Å². The lowest BCUT2D eigenvalue weighted by Crippen LogP contribution is -2.49. The summed E-state index contributed by atoms with van der Waals surface area (Å²) in [6.07, 6.45) is 7.74. The number of carbonyl (C=O) groups excluding carboxylic acids is 1. The zero-order valence-electron chi connectivity index (χ0n) is 10.5. The van der Waals surface area contributed by atoms with Gasteiger partial charge in [-0.2, -0.15) is 0 Å². The van der Waals surface area contributed by atoms with Crippen LogP contribution in [-0.4, -0.2) is 31.2 Å². The molecule has 1 saturated carbocycles. The second kappa shape index (κ2) is 6.36. The van der Waals surface area contributed by atoms with Crippen molar-refractivity contribution >= 4 is 5.91 Å². The summed E-state index contributed by atoms with van der Waals surface area (Å²) in [5, 5.41) is 3.09. The third-order valence-corrected chi connectivity index (χ3v) is 4.02. The Bertz CT molecular complexity index is 246. The number of rotatable bonds is 4. The van der Waals surface area contributed by atoms with Gasteiger partial charge in [0.1, 0.15) is 6.10 Å². The van der Waals surface area contributed by atoms with E-state index in [0.29, 0.717) is 12.5 Å². The SMILES string of the molecule is NCC(NC(=O)C1CCCCO1)C1CCCC1. The highest BCUT2D eigenvalue weighted by Gasteiger charge is 2.28. The molecular weight excluding hydrogens is 216 g/mol. The van der Waals surface area contributed by atoms with E-state index in [1.807, 2.05) is 0 Å². The number of amides is 1. The average Bonchev–Trinajstić information content (AvgIpc) is 2.90. The summed E-state index contributed by atoms with van der Waals surface area (Å²) >= 11 is 0. The number of hydrogen-bond acceptors (Lipinski definition) is 3. The van der Waals surface area contributed by atoms with Gasteiger partial charge < -0.3 is 15.8 Å². The minimum atomic E-state index is -0.237.